The number of rotatable bonds is 5. The number of carbonyl (C=O) groups is 3. The van der Waals surface area contributed by atoms with Crippen molar-refractivity contribution in [3.63, 3.8) is 0 Å². The molecule has 1 saturated heterocycles. The van der Waals surface area contributed by atoms with Crippen molar-refractivity contribution < 1.29 is 14.4 Å². The summed E-state index contributed by atoms with van der Waals surface area (Å²) in [7, 11) is 0. The van der Waals surface area contributed by atoms with Crippen LogP contribution in [0, 0.1) is 13.8 Å². The smallest absolute Gasteiger partial charge is 0.325 e. The van der Waals surface area contributed by atoms with E-state index in [4.69, 9.17) is 0 Å². The van der Waals surface area contributed by atoms with Gasteiger partial charge in [0.15, 0.2) is 0 Å². The first kappa shape index (κ1) is 17.0. The zero-order valence-electron chi connectivity index (χ0n) is 14.0. The molecule has 124 valence electrons. The highest BCUT2D eigenvalue weighted by Crippen LogP contribution is 2.24. The van der Waals surface area contributed by atoms with Gasteiger partial charge in [0.25, 0.3) is 5.91 Å². The molecule has 2 rings (SSSR count). The van der Waals surface area contributed by atoms with Crippen LogP contribution in [0.4, 0.5) is 10.5 Å². The first-order valence-corrected chi connectivity index (χ1v) is 7.83. The summed E-state index contributed by atoms with van der Waals surface area (Å²) in [5, 5.41) is 5.45. The maximum Gasteiger partial charge on any atom is 0.325 e. The molecule has 0 bridgehead atoms. The molecule has 0 spiro atoms. The van der Waals surface area contributed by atoms with Crippen molar-refractivity contribution in [3.8, 4) is 0 Å². The van der Waals surface area contributed by atoms with Crippen LogP contribution in [0.1, 0.15) is 37.8 Å². The molecule has 2 N–H and O–H groups in total. The van der Waals surface area contributed by atoms with Crippen LogP contribution in [0.25, 0.3) is 0 Å². The topological polar surface area (TPSA) is 78.5 Å². The normalized spacial score (nSPS) is 16.4. The van der Waals surface area contributed by atoms with Crippen molar-refractivity contribution in [3.05, 3.63) is 29.3 Å². The van der Waals surface area contributed by atoms with E-state index in [0.29, 0.717) is 18.5 Å². The van der Waals surface area contributed by atoms with E-state index in [1.54, 1.807) is 0 Å². The molecule has 0 aromatic heterocycles. The van der Waals surface area contributed by atoms with Gasteiger partial charge in [0, 0.05) is 5.69 Å². The average Bonchev–Trinajstić information content (AvgIpc) is 2.71. The fourth-order valence-corrected chi connectivity index (χ4v) is 2.94. The molecule has 1 aromatic carbocycles. The van der Waals surface area contributed by atoms with Gasteiger partial charge in [0.1, 0.15) is 12.1 Å². The number of urea groups is 1. The average molecular weight is 317 g/mol. The van der Waals surface area contributed by atoms with Crippen LogP contribution in [-0.4, -0.2) is 34.8 Å². The summed E-state index contributed by atoms with van der Waals surface area (Å²) in [6.45, 7) is 7.30. The summed E-state index contributed by atoms with van der Waals surface area (Å²) in [5.74, 6) is -0.718. The number of carbonyl (C=O) groups excluding carboxylic acids is 3. The predicted octanol–water partition coefficient (Wildman–Crippen LogP) is 2.35. The highest BCUT2D eigenvalue weighted by Gasteiger charge is 2.49. The quantitative estimate of drug-likeness (QED) is 0.818. The number of anilines is 1. The molecule has 0 radical (unpaired) electrons. The summed E-state index contributed by atoms with van der Waals surface area (Å²) in [5.41, 5.74) is 1.85. The van der Waals surface area contributed by atoms with Crippen molar-refractivity contribution in [1.82, 2.24) is 10.2 Å². The SMILES string of the molecule is CCC1(CC)NC(=O)N(CC(=O)Nc2cc(C)cc(C)c2)C1=O. The van der Waals surface area contributed by atoms with Crippen LogP contribution < -0.4 is 10.6 Å². The van der Waals surface area contributed by atoms with Crippen molar-refractivity contribution >= 4 is 23.5 Å². The van der Waals surface area contributed by atoms with Gasteiger partial charge in [-0.15, -0.1) is 0 Å². The lowest BCUT2D eigenvalue weighted by molar-refractivity contribution is -0.134. The first-order valence-electron chi connectivity index (χ1n) is 7.83. The molecule has 1 aromatic rings. The number of amides is 4. The molecule has 0 saturated carbocycles. The lowest BCUT2D eigenvalue weighted by Gasteiger charge is -2.23. The zero-order valence-corrected chi connectivity index (χ0v) is 14.0. The van der Waals surface area contributed by atoms with Crippen LogP contribution in [0.5, 0.6) is 0 Å². The molecule has 6 nitrogen and oxygen atoms in total. The number of imide groups is 1. The van der Waals surface area contributed by atoms with Crippen molar-refractivity contribution in [2.45, 2.75) is 46.1 Å². The maximum absolute atomic E-state index is 12.5. The third-order valence-electron chi connectivity index (χ3n) is 4.26. The van der Waals surface area contributed by atoms with Gasteiger partial charge in [-0.05, 0) is 49.9 Å². The van der Waals surface area contributed by atoms with Gasteiger partial charge in [0.05, 0.1) is 0 Å². The Morgan fingerprint density at radius 1 is 1.13 bits per heavy atom. The second kappa shape index (κ2) is 6.40. The first-order chi connectivity index (χ1) is 10.8. The zero-order chi connectivity index (χ0) is 17.2. The van der Waals surface area contributed by atoms with Gasteiger partial charge in [-0.25, -0.2) is 4.79 Å². The maximum atomic E-state index is 12.5. The molecular weight excluding hydrogens is 294 g/mol. The van der Waals surface area contributed by atoms with E-state index in [2.05, 4.69) is 10.6 Å². The lowest BCUT2D eigenvalue weighted by Crippen LogP contribution is -2.46. The van der Waals surface area contributed by atoms with E-state index in [1.165, 1.54) is 0 Å². The van der Waals surface area contributed by atoms with Gasteiger partial charge in [-0.1, -0.05) is 19.9 Å². The Bertz CT molecular complexity index is 630. The highest BCUT2D eigenvalue weighted by molar-refractivity contribution is 6.10. The minimum absolute atomic E-state index is 0.278. The number of benzene rings is 1. The number of aryl methyl sites for hydroxylation is 2. The Kier molecular flexibility index (Phi) is 4.73. The molecule has 1 heterocycles. The van der Waals surface area contributed by atoms with Crippen molar-refractivity contribution in [2.24, 2.45) is 0 Å². The van der Waals surface area contributed by atoms with E-state index >= 15 is 0 Å². The van der Waals surface area contributed by atoms with Gasteiger partial charge >= 0.3 is 6.03 Å². The van der Waals surface area contributed by atoms with E-state index < -0.39 is 11.6 Å². The second-order valence-electron chi connectivity index (χ2n) is 6.04. The Morgan fingerprint density at radius 2 is 1.70 bits per heavy atom. The van der Waals surface area contributed by atoms with Crippen LogP contribution in [-0.2, 0) is 9.59 Å². The molecule has 4 amide bonds. The standard InChI is InChI=1S/C17H23N3O3/c1-5-17(6-2)15(22)20(16(23)19-17)10-14(21)18-13-8-11(3)7-12(4)9-13/h7-9H,5-6,10H2,1-4H3,(H,18,21)(H,19,23). The fraction of sp³-hybridized carbons (Fsp3) is 0.471. The number of hydrogen-bond acceptors (Lipinski definition) is 3. The Labute approximate surface area is 136 Å². The summed E-state index contributed by atoms with van der Waals surface area (Å²) < 4.78 is 0. The van der Waals surface area contributed by atoms with Crippen LogP contribution >= 0.6 is 0 Å². The van der Waals surface area contributed by atoms with Gasteiger partial charge in [-0.2, -0.15) is 0 Å². The molecule has 1 aliphatic heterocycles. The van der Waals surface area contributed by atoms with Crippen LogP contribution in [0.2, 0.25) is 0 Å². The highest BCUT2D eigenvalue weighted by atomic mass is 16.2. The van der Waals surface area contributed by atoms with Crippen LogP contribution in [0.3, 0.4) is 0 Å². The molecule has 0 unspecified atom stereocenters. The summed E-state index contributed by atoms with van der Waals surface area (Å²) >= 11 is 0. The lowest BCUT2D eigenvalue weighted by atomic mass is 9.93. The molecular formula is C17H23N3O3. The number of nitrogens with zero attached hydrogens (tertiary/aromatic N) is 1. The van der Waals surface area contributed by atoms with Gasteiger partial charge < -0.3 is 10.6 Å². The summed E-state index contributed by atoms with van der Waals surface area (Å²) in [4.78, 5) is 37.7. The molecule has 23 heavy (non-hydrogen) atoms. The van der Waals surface area contributed by atoms with Crippen molar-refractivity contribution in [1.29, 1.82) is 0 Å². The van der Waals surface area contributed by atoms with E-state index in [1.807, 2.05) is 45.9 Å². The van der Waals surface area contributed by atoms with Gasteiger partial charge in [-0.3, -0.25) is 14.5 Å². The molecule has 1 fully saturated rings. The number of hydrogen-bond donors (Lipinski definition) is 2. The minimum atomic E-state index is -0.878. The van der Waals surface area contributed by atoms with E-state index in [-0.39, 0.29) is 18.4 Å². The molecule has 0 atom stereocenters. The Balaban J connectivity index is 2.08. The Morgan fingerprint density at radius 3 is 2.17 bits per heavy atom. The fourth-order valence-electron chi connectivity index (χ4n) is 2.94. The van der Waals surface area contributed by atoms with Gasteiger partial charge in [0.2, 0.25) is 5.91 Å². The predicted molar refractivity (Wildman–Crippen MR) is 88.1 cm³/mol. The largest absolute Gasteiger partial charge is 0.325 e. The van der Waals surface area contributed by atoms with Crippen LogP contribution in [0.15, 0.2) is 18.2 Å². The molecule has 6 heteroatoms. The molecule has 0 aliphatic carbocycles. The third-order valence-corrected chi connectivity index (χ3v) is 4.26. The number of nitrogens with one attached hydrogen (secondary N) is 2. The Hall–Kier alpha value is -2.37. The van der Waals surface area contributed by atoms with E-state index in [9.17, 15) is 14.4 Å². The summed E-state index contributed by atoms with van der Waals surface area (Å²) in [6.07, 6.45) is 1.01. The minimum Gasteiger partial charge on any atom is -0.325 e. The monoisotopic (exact) mass is 317 g/mol. The molecule has 1 aliphatic rings. The third kappa shape index (κ3) is 3.36. The summed E-state index contributed by atoms with van der Waals surface area (Å²) in [6, 6.07) is 5.19. The van der Waals surface area contributed by atoms with Crippen molar-refractivity contribution in [2.75, 3.05) is 11.9 Å². The second-order valence-corrected chi connectivity index (χ2v) is 6.04. The van der Waals surface area contributed by atoms with E-state index in [0.717, 1.165) is 16.0 Å².